The minimum atomic E-state index is -0.494. The number of rotatable bonds is 13. The van der Waals surface area contributed by atoms with Gasteiger partial charge in [0.1, 0.15) is 4.33 Å². The molecule has 0 bridgehead atoms. The fourth-order valence-corrected chi connectivity index (χ4v) is 2.84. The van der Waals surface area contributed by atoms with Crippen molar-refractivity contribution < 1.29 is 0 Å². The molecule has 0 saturated carbocycles. The zero-order valence-corrected chi connectivity index (χ0v) is 14.1. The molecule has 0 aromatic rings. The molecule has 0 fully saturated rings. The van der Waals surface area contributed by atoms with Crippen LogP contribution >= 0.6 is 34.8 Å². The van der Waals surface area contributed by atoms with E-state index in [1.807, 2.05) is 0 Å². The van der Waals surface area contributed by atoms with Crippen molar-refractivity contribution in [2.24, 2.45) is 0 Å². The molecule has 0 aliphatic rings. The van der Waals surface area contributed by atoms with Crippen LogP contribution in [0.25, 0.3) is 0 Å². The molecule has 0 saturated heterocycles. The summed E-state index contributed by atoms with van der Waals surface area (Å²) >= 11 is 18.3. The monoisotopic (exact) mass is 314 g/mol. The van der Waals surface area contributed by atoms with Gasteiger partial charge < -0.3 is 0 Å². The maximum absolute atomic E-state index is 6.33. The van der Waals surface area contributed by atoms with Gasteiger partial charge in [-0.25, -0.2) is 0 Å². The van der Waals surface area contributed by atoms with Gasteiger partial charge in [0, 0.05) is 5.88 Å². The van der Waals surface area contributed by atoms with Gasteiger partial charge in [-0.2, -0.15) is 0 Å². The zero-order valence-electron chi connectivity index (χ0n) is 11.8. The SMILES string of the molecule is CCCCCCCCC(Cl)(Cl)CCCCCCCl. The number of hydrogen-bond donors (Lipinski definition) is 0. The maximum atomic E-state index is 6.33. The Morgan fingerprint density at radius 3 is 1.61 bits per heavy atom. The lowest BCUT2D eigenvalue weighted by Crippen LogP contribution is -2.12. The van der Waals surface area contributed by atoms with Crippen LogP contribution in [0, 0.1) is 0 Å². The van der Waals surface area contributed by atoms with Crippen LogP contribution in [0.1, 0.15) is 84.0 Å². The predicted octanol–water partition coefficient (Wildman–Crippen LogP) is 7.10. The Morgan fingerprint density at radius 2 is 1.11 bits per heavy atom. The van der Waals surface area contributed by atoms with E-state index in [2.05, 4.69) is 6.92 Å². The zero-order chi connectivity index (χ0) is 13.7. The third-order valence-corrected chi connectivity index (χ3v) is 4.35. The Labute approximate surface area is 129 Å². The molecule has 0 aliphatic heterocycles. The molecule has 3 heteroatoms. The van der Waals surface area contributed by atoms with E-state index in [4.69, 9.17) is 34.8 Å². The van der Waals surface area contributed by atoms with E-state index >= 15 is 0 Å². The van der Waals surface area contributed by atoms with Gasteiger partial charge >= 0.3 is 0 Å². The van der Waals surface area contributed by atoms with Gasteiger partial charge in [0.2, 0.25) is 0 Å². The number of hydrogen-bond acceptors (Lipinski definition) is 0. The minimum absolute atomic E-state index is 0.494. The van der Waals surface area contributed by atoms with Crippen LogP contribution in [0.3, 0.4) is 0 Å². The third-order valence-electron chi connectivity index (χ3n) is 3.32. The van der Waals surface area contributed by atoms with E-state index in [0.29, 0.717) is 0 Å². The molecule has 0 aliphatic carbocycles. The minimum Gasteiger partial charge on any atom is -0.127 e. The Morgan fingerprint density at radius 1 is 0.667 bits per heavy atom. The highest BCUT2D eigenvalue weighted by Gasteiger charge is 2.22. The van der Waals surface area contributed by atoms with E-state index in [1.165, 1.54) is 51.4 Å². The Hall–Kier alpha value is 0.870. The second kappa shape index (κ2) is 12.9. The van der Waals surface area contributed by atoms with E-state index in [9.17, 15) is 0 Å². The van der Waals surface area contributed by atoms with E-state index in [1.54, 1.807) is 0 Å². The van der Waals surface area contributed by atoms with Gasteiger partial charge in [0.05, 0.1) is 0 Å². The van der Waals surface area contributed by atoms with Gasteiger partial charge in [-0.3, -0.25) is 0 Å². The number of halogens is 3. The van der Waals surface area contributed by atoms with Gasteiger partial charge in [-0.15, -0.1) is 34.8 Å². The first kappa shape index (κ1) is 18.9. The number of alkyl halides is 3. The summed E-state index contributed by atoms with van der Waals surface area (Å²) in [6, 6.07) is 0. The van der Waals surface area contributed by atoms with Crippen LogP contribution in [0.15, 0.2) is 0 Å². The van der Waals surface area contributed by atoms with Crippen molar-refractivity contribution in [1.29, 1.82) is 0 Å². The molecule has 0 spiro atoms. The van der Waals surface area contributed by atoms with Crippen molar-refractivity contribution in [2.75, 3.05) is 5.88 Å². The summed E-state index contributed by atoms with van der Waals surface area (Å²) in [5, 5.41) is 0. The largest absolute Gasteiger partial charge is 0.127 e. The van der Waals surface area contributed by atoms with Crippen LogP contribution in [0.2, 0.25) is 0 Å². The fourth-order valence-electron chi connectivity index (χ4n) is 2.12. The molecule has 0 heterocycles. The summed E-state index contributed by atoms with van der Waals surface area (Å²) in [6.07, 6.45) is 14.3. The normalized spacial score (nSPS) is 12.0. The van der Waals surface area contributed by atoms with Crippen molar-refractivity contribution in [3.63, 3.8) is 0 Å². The summed E-state index contributed by atoms with van der Waals surface area (Å²) in [5.74, 6) is 0.769. The molecule has 0 aromatic heterocycles. The predicted molar refractivity (Wildman–Crippen MR) is 86.2 cm³/mol. The van der Waals surface area contributed by atoms with Crippen molar-refractivity contribution in [2.45, 2.75) is 88.3 Å². The van der Waals surface area contributed by atoms with E-state index < -0.39 is 4.33 Å². The average Bonchev–Trinajstić information content (AvgIpc) is 2.33. The first-order chi connectivity index (χ1) is 8.62. The lowest BCUT2D eigenvalue weighted by atomic mass is 10.0. The van der Waals surface area contributed by atoms with Crippen LogP contribution in [0.5, 0.6) is 0 Å². The Kier molecular flexibility index (Phi) is 13.5. The van der Waals surface area contributed by atoms with E-state index in [0.717, 1.165) is 31.6 Å². The quantitative estimate of drug-likeness (QED) is 0.251. The molecule has 0 rings (SSSR count). The first-order valence-electron chi connectivity index (χ1n) is 7.56. The van der Waals surface area contributed by atoms with Crippen molar-refractivity contribution in [1.82, 2.24) is 0 Å². The fraction of sp³-hybridized carbons (Fsp3) is 1.00. The second-order valence-corrected chi connectivity index (χ2v) is 7.25. The highest BCUT2D eigenvalue weighted by atomic mass is 35.5. The van der Waals surface area contributed by atoms with Crippen LogP contribution < -0.4 is 0 Å². The molecule has 0 radical (unpaired) electrons. The smallest absolute Gasteiger partial charge is 0.118 e. The third kappa shape index (κ3) is 13.3. The number of unbranched alkanes of at least 4 members (excludes halogenated alkanes) is 8. The molecule has 18 heavy (non-hydrogen) atoms. The topological polar surface area (TPSA) is 0 Å². The molecule has 0 aromatic carbocycles. The molecule has 0 unspecified atom stereocenters. The van der Waals surface area contributed by atoms with Crippen molar-refractivity contribution >= 4 is 34.8 Å². The van der Waals surface area contributed by atoms with Crippen LogP contribution in [-0.4, -0.2) is 10.2 Å². The highest BCUT2D eigenvalue weighted by molar-refractivity contribution is 6.48. The molecule has 110 valence electrons. The van der Waals surface area contributed by atoms with Crippen LogP contribution in [-0.2, 0) is 0 Å². The lowest BCUT2D eigenvalue weighted by Gasteiger charge is -2.19. The first-order valence-corrected chi connectivity index (χ1v) is 8.85. The van der Waals surface area contributed by atoms with E-state index in [-0.39, 0.29) is 0 Å². The standard InChI is InChI=1S/C15H29Cl3/c1-2-3-4-5-6-9-12-15(17,18)13-10-7-8-11-14-16/h2-14H2,1H3. The van der Waals surface area contributed by atoms with Gasteiger partial charge in [-0.1, -0.05) is 64.7 Å². The Balaban J connectivity index is 3.37. The molecule has 0 nitrogen and oxygen atoms in total. The molecular weight excluding hydrogens is 287 g/mol. The summed E-state index contributed by atoms with van der Waals surface area (Å²) in [7, 11) is 0. The molecule has 0 amide bonds. The average molecular weight is 316 g/mol. The summed E-state index contributed by atoms with van der Waals surface area (Å²) < 4.78 is -0.494. The summed E-state index contributed by atoms with van der Waals surface area (Å²) in [6.45, 7) is 2.24. The van der Waals surface area contributed by atoms with Crippen molar-refractivity contribution in [3.8, 4) is 0 Å². The maximum Gasteiger partial charge on any atom is 0.118 e. The van der Waals surface area contributed by atoms with Gasteiger partial charge in [0.15, 0.2) is 0 Å². The Bertz CT molecular complexity index is 169. The van der Waals surface area contributed by atoms with Gasteiger partial charge in [0.25, 0.3) is 0 Å². The molecular formula is C15H29Cl3. The highest BCUT2D eigenvalue weighted by Crippen LogP contribution is 2.33. The van der Waals surface area contributed by atoms with Crippen molar-refractivity contribution in [3.05, 3.63) is 0 Å². The molecule has 0 N–H and O–H groups in total. The van der Waals surface area contributed by atoms with Crippen LogP contribution in [0.4, 0.5) is 0 Å². The summed E-state index contributed by atoms with van der Waals surface area (Å²) in [5.41, 5.74) is 0. The lowest BCUT2D eigenvalue weighted by molar-refractivity contribution is 0.523. The van der Waals surface area contributed by atoms with Gasteiger partial charge in [-0.05, 0) is 19.3 Å². The second-order valence-electron chi connectivity index (χ2n) is 5.23. The summed E-state index contributed by atoms with van der Waals surface area (Å²) in [4.78, 5) is 0. The molecule has 0 atom stereocenters.